The number of methoxy groups -OCH3 is 1. The molecular formula is C15H21N3O2. The summed E-state index contributed by atoms with van der Waals surface area (Å²) < 4.78 is 5.16. The maximum absolute atomic E-state index is 12.4. The van der Waals surface area contributed by atoms with Gasteiger partial charge in [0.2, 0.25) is 5.88 Å². The van der Waals surface area contributed by atoms with E-state index >= 15 is 0 Å². The van der Waals surface area contributed by atoms with Gasteiger partial charge < -0.3 is 10.1 Å². The normalized spacial score (nSPS) is 26.1. The van der Waals surface area contributed by atoms with Crippen LogP contribution in [0.5, 0.6) is 5.88 Å². The van der Waals surface area contributed by atoms with Crippen molar-refractivity contribution >= 4 is 5.91 Å². The third-order valence-electron chi connectivity index (χ3n) is 4.38. The lowest BCUT2D eigenvalue weighted by Crippen LogP contribution is -2.46. The van der Waals surface area contributed by atoms with Crippen LogP contribution in [0.4, 0.5) is 0 Å². The summed E-state index contributed by atoms with van der Waals surface area (Å²) in [4.78, 5) is 19.0. The summed E-state index contributed by atoms with van der Waals surface area (Å²) in [5, 5.41) is 3.17. The number of pyridine rings is 1. The molecule has 0 saturated carbocycles. The van der Waals surface area contributed by atoms with E-state index in [9.17, 15) is 4.79 Å². The Morgan fingerprint density at radius 1 is 1.40 bits per heavy atom. The molecule has 3 rings (SSSR count). The predicted molar refractivity (Wildman–Crippen MR) is 75.9 cm³/mol. The first kappa shape index (κ1) is 13.4. The lowest BCUT2D eigenvalue weighted by Gasteiger charge is -2.32. The Morgan fingerprint density at radius 3 is 3.15 bits per heavy atom. The molecule has 20 heavy (non-hydrogen) atoms. The maximum atomic E-state index is 12.4. The van der Waals surface area contributed by atoms with E-state index < -0.39 is 0 Å². The Morgan fingerprint density at radius 2 is 2.30 bits per heavy atom. The zero-order valence-electron chi connectivity index (χ0n) is 11.8. The summed E-state index contributed by atoms with van der Waals surface area (Å²) in [6.07, 6.45) is 6.42. The van der Waals surface area contributed by atoms with E-state index in [1.807, 2.05) is 0 Å². The molecule has 2 saturated heterocycles. The van der Waals surface area contributed by atoms with Gasteiger partial charge in [0.25, 0.3) is 5.91 Å². The van der Waals surface area contributed by atoms with Gasteiger partial charge in [0.1, 0.15) is 5.56 Å². The van der Waals surface area contributed by atoms with E-state index in [4.69, 9.17) is 4.74 Å². The minimum atomic E-state index is -0.0765. The van der Waals surface area contributed by atoms with Crippen LogP contribution in [0.2, 0.25) is 0 Å². The number of piperidine rings is 1. The number of aromatic nitrogens is 1. The van der Waals surface area contributed by atoms with Gasteiger partial charge in [0.05, 0.1) is 7.11 Å². The molecule has 0 radical (unpaired) electrons. The minimum absolute atomic E-state index is 0.0765. The van der Waals surface area contributed by atoms with Gasteiger partial charge in [0, 0.05) is 24.8 Å². The summed E-state index contributed by atoms with van der Waals surface area (Å²) >= 11 is 0. The van der Waals surface area contributed by atoms with E-state index in [2.05, 4.69) is 15.2 Å². The molecule has 1 aromatic rings. The van der Waals surface area contributed by atoms with Gasteiger partial charge in [-0.05, 0) is 37.9 Å². The highest BCUT2D eigenvalue weighted by Gasteiger charge is 2.36. The van der Waals surface area contributed by atoms with Gasteiger partial charge in [-0.25, -0.2) is 4.98 Å². The van der Waals surface area contributed by atoms with Crippen LogP contribution in [0.1, 0.15) is 36.0 Å². The van der Waals surface area contributed by atoms with Crippen molar-refractivity contribution in [3.63, 3.8) is 0 Å². The van der Waals surface area contributed by atoms with Crippen LogP contribution in [-0.2, 0) is 0 Å². The van der Waals surface area contributed by atoms with Crippen molar-refractivity contribution in [3.8, 4) is 5.88 Å². The van der Waals surface area contributed by atoms with Crippen molar-refractivity contribution in [1.29, 1.82) is 0 Å². The van der Waals surface area contributed by atoms with Gasteiger partial charge in [-0.1, -0.05) is 6.42 Å². The monoisotopic (exact) mass is 275 g/mol. The van der Waals surface area contributed by atoms with E-state index in [0.717, 1.165) is 13.0 Å². The Hall–Kier alpha value is -1.62. The molecule has 0 unspecified atom stereocenters. The second-order valence-corrected chi connectivity index (χ2v) is 5.53. The molecule has 2 atom stereocenters. The number of nitrogens with one attached hydrogen (secondary N) is 1. The van der Waals surface area contributed by atoms with E-state index in [-0.39, 0.29) is 11.9 Å². The van der Waals surface area contributed by atoms with Crippen LogP contribution in [0.15, 0.2) is 18.3 Å². The molecule has 1 aromatic heterocycles. The Balaban J connectivity index is 1.70. The molecular weight excluding hydrogens is 254 g/mol. The molecule has 0 aliphatic carbocycles. The summed E-state index contributed by atoms with van der Waals surface area (Å²) in [6.45, 7) is 2.27. The SMILES string of the molecule is COc1ncccc1C(=O)N[C@H]1CCN2CCCC[C@H]12. The standard InChI is InChI=1S/C15H21N3O2/c1-20-15-11(5-4-8-16-15)14(19)17-12-7-10-18-9-3-2-6-13(12)18/h4-5,8,12-13H,2-3,6-7,9-10H2,1H3,(H,17,19)/t12-,13+/m0/s1. The number of amides is 1. The first-order valence-corrected chi connectivity index (χ1v) is 7.33. The summed E-state index contributed by atoms with van der Waals surface area (Å²) in [5.41, 5.74) is 0.518. The molecule has 1 N–H and O–H groups in total. The van der Waals surface area contributed by atoms with Gasteiger partial charge in [-0.3, -0.25) is 9.69 Å². The molecule has 2 fully saturated rings. The van der Waals surface area contributed by atoms with Crippen molar-refractivity contribution in [3.05, 3.63) is 23.9 Å². The highest BCUT2D eigenvalue weighted by molar-refractivity contribution is 5.96. The quantitative estimate of drug-likeness (QED) is 0.907. The first-order valence-electron chi connectivity index (χ1n) is 7.33. The molecule has 1 amide bonds. The van der Waals surface area contributed by atoms with Gasteiger partial charge in [-0.2, -0.15) is 0 Å². The number of carbonyl (C=O) groups is 1. The lowest BCUT2D eigenvalue weighted by molar-refractivity contribution is 0.0911. The predicted octanol–water partition coefficient (Wildman–Crippen LogP) is 1.45. The minimum Gasteiger partial charge on any atom is -0.480 e. The fourth-order valence-electron chi connectivity index (χ4n) is 3.39. The van der Waals surface area contributed by atoms with Gasteiger partial charge in [-0.15, -0.1) is 0 Å². The second-order valence-electron chi connectivity index (χ2n) is 5.53. The van der Waals surface area contributed by atoms with Gasteiger partial charge >= 0.3 is 0 Å². The van der Waals surface area contributed by atoms with E-state index in [1.165, 1.54) is 32.9 Å². The van der Waals surface area contributed by atoms with E-state index in [0.29, 0.717) is 17.5 Å². The third-order valence-corrected chi connectivity index (χ3v) is 4.38. The molecule has 2 aliphatic heterocycles. The zero-order valence-corrected chi connectivity index (χ0v) is 11.8. The number of nitrogens with zero attached hydrogens (tertiary/aromatic N) is 2. The van der Waals surface area contributed by atoms with Crippen molar-refractivity contribution < 1.29 is 9.53 Å². The maximum Gasteiger partial charge on any atom is 0.257 e. The topological polar surface area (TPSA) is 54.5 Å². The summed E-state index contributed by atoms with van der Waals surface area (Å²) in [6, 6.07) is 4.29. The number of hydrogen-bond donors (Lipinski definition) is 1. The Labute approximate surface area is 119 Å². The number of ether oxygens (including phenoxy) is 1. The fraction of sp³-hybridized carbons (Fsp3) is 0.600. The van der Waals surface area contributed by atoms with Crippen molar-refractivity contribution in [1.82, 2.24) is 15.2 Å². The van der Waals surface area contributed by atoms with Crippen molar-refractivity contribution in [2.45, 2.75) is 37.8 Å². The summed E-state index contributed by atoms with van der Waals surface area (Å²) in [7, 11) is 1.54. The Bertz CT molecular complexity index is 492. The molecule has 0 aromatic carbocycles. The van der Waals surface area contributed by atoms with Crippen LogP contribution < -0.4 is 10.1 Å². The van der Waals surface area contributed by atoms with Crippen LogP contribution in [-0.4, -0.2) is 48.1 Å². The van der Waals surface area contributed by atoms with Crippen LogP contribution in [0.3, 0.4) is 0 Å². The molecule has 0 spiro atoms. The Kier molecular flexibility index (Phi) is 3.87. The highest BCUT2D eigenvalue weighted by atomic mass is 16.5. The fourth-order valence-corrected chi connectivity index (χ4v) is 3.39. The number of carbonyl (C=O) groups excluding carboxylic acids is 1. The lowest BCUT2D eigenvalue weighted by atomic mass is 9.99. The smallest absolute Gasteiger partial charge is 0.257 e. The zero-order chi connectivity index (χ0) is 13.9. The van der Waals surface area contributed by atoms with Crippen molar-refractivity contribution in [2.75, 3.05) is 20.2 Å². The van der Waals surface area contributed by atoms with E-state index in [1.54, 1.807) is 18.3 Å². The molecule has 108 valence electrons. The number of fused-ring (bicyclic) bond motifs is 1. The first-order chi connectivity index (χ1) is 9.79. The second kappa shape index (κ2) is 5.79. The largest absolute Gasteiger partial charge is 0.480 e. The van der Waals surface area contributed by atoms with Gasteiger partial charge in [0.15, 0.2) is 0 Å². The highest BCUT2D eigenvalue weighted by Crippen LogP contribution is 2.27. The van der Waals surface area contributed by atoms with Crippen molar-refractivity contribution in [2.24, 2.45) is 0 Å². The molecule has 5 heteroatoms. The molecule has 5 nitrogen and oxygen atoms in total. The number of hydrogen-bond acceptors (Lipinski definition) is 4. The summed E-state index contributed by atoms with van der Waals surface area (Å²) in [5.74, 6) is 0.316. The van der Waals surface area contributed by atoms with Crippen LogP contribution in [0, 0.1) is 0 Å². The van der Waals surface area contributed by atoms with Crippen LogP contribution in [0.25, 0.3) is 0 Å². The average molecular weight is 275 g/mol. The molecule has 0 bridgehead atoms. The average Bonchev–Trinajstić information content (AvgIpc) is 2.90. The molecule has 2 aliphatic rings. The molecule has 3 heterocycles. The third kappa shape index (κ3) is 2.50. The number of rotatable bonds is 3. The van der Waals surface area contributed by atoms with Crippen LogP contribution >= 0.6 is 0 Å².